The Morgan fingerprint density at radius 3 is 2.67 bits per heavy atom. The fraction of sp³-hybridized carbons (Fsp3) is 0.0800. The minimum absolute atomic E-state index is 0.138. The van der Waals surface area contributed by atoms with Gasteiger partial charge >= 0.3 is 0 Å². The van der Waals surface area contributed by atoms with E-state index in [1.165, 1.54) is 11.8 Å². The second-order valence-electron chi connectivity index (χ2n) is 7.15. The summed E-state index contributed by atoms with van der Waals surface area (Å²) in [5.74, 6) is -0.0124. The number of nitriles is 1. The third-order valence-electron chi connectivity index (χ3n) is 4.77. The van der Waals surface area contributed by atoms with Gasteiger partial charge in [0.1, 0.15) is 11.1 Å². The quantitative estimate of drug-likeness (QED) is 0.182. The van der Waals surface area contributed by atoms with E-state index in [4.69, 9.17) is 16.6 Å². The minimum atomic E-state index is -0.151. The zero-order valence-corrected chi connectivity index (χ0v) is 22.0. The summed E-state index contributed by atoms with van der Waals surface area (Å²) in [6.45, 7) is 2.01. The lowest BCUT2D eigenvalue weighted by atomic mass is 10.0. The summed E-state index contributed by atoms with van der Waals surface area (Å²) in [6.07, 6.45) is 0. The summed E-state index contributed by atoms with van der Waals surface area (Å²) in [5, 5.41) is 16.1. The van der Waals surface area contributed by atoms with Crippen molar-refractivity contribution in [2.75, 3.05) is 11.1 Å². The third kappa shape index (κ3) is 5.76. The van der Waals surface area contributed by atoms with E-state index in [0.29, 0.717) is 15.6 Å². The number of carbonyl (C=O) groups is 1. The Morgan fingerprint density at radius 1 is 1.21 bits per heavy atom. The van der Waals surface area contributed by atoms with E-state index >= 15 is 0 Å². The first kappa shape index (κ1) is 23.8. The van der Waals surface area contributed by atoms with Crippen LogP contribution in [-0.4, -0.2) is 16.6 Å². The van der Waals surface area contributed by atoms with Gasteiger partial charge in [-0.2, -0.15) is 5.26 Å². The maximum atomic E-state index is 12.7. The Morgan fingerprint density at radius 2 is 2.00 bits per heavy atom. The third-order valence-corrected chi connectivity index (χ3v) is 7.78. The number of carbonyl (C=O) groups excluding carboxylic acids is 1. The molecule has 2 heterocycles. The molecule has 164 valence electrons. The van der Waals surface area contributed by atoms with Crippen LogP contribution in [0.5, 0.6) is 0 Å². The summed E-state index contributed by atoms with van der Waals surface area (Å²) in [7, 11) is 0. The lowest BCUT2D eigenvalue weighted by Gasteiger charge is -2.12. The highest BCUT2D eigenvalue weighted by atomic mass is 127. The van der Waals surface area contributed by atoms with E-state index in [-0.39, 0.29) is 11.7 Å². The number of amides is 1. The molecule has 0 spiro atoms. The average Bonchev–Trinajstić information content (AvgIpc) is 3.34. The molecule has 0 aliphatic rings. The number of thioether (sulfide) groups is 1. The summed E-state index contributed by atoms with van der Waals surface area (Å²) in [6, 6.07) is 21.4. The van der Waals surface area contributed by atoms with Gasteiger partial charge in [0.15, 0.2) is 0 Å². The zero-order valence-electron chi connectivity index (χ0n) is 17.4. The lowest BCUT2D eigenvalue weighted by Crippen LogP contribution is -2.15. The van der Waals surface area contributed by atoms with Crippen LogP contribution in [0.3, 0.4) is 0 Å². The highest BCUT2D eigenvalue weighted by molar-refractivity contribution is 14.1. The molecular formula is C25H17ClIN3OS2. The first-order valence-electron chi connectivity index (χ1n) is 9.88. The van der Waals surface area contributed by atoms with Gasteiger partial charge in [0.25, 0.3) is 0 Å². The maximum Gasteiger partial charge on any atom is 0.234 e. The van der Waals surface area contributed by atoms with Gasteiger partial charge in [-0.15, -0.1) is 11.3 Å². The molecule has 4 aromatic rings. The van der Waals surface area contributed by atoms with Crippen LogP contribution in [0.15, 0.2) is 71.1 Å². The number of thiophene rings is 1. The molecule has 0 radical (unpaired) electrons. The highest BCUT2D eigenvalue weighted by Gasteiger charge is 2.18. The second-order valence-corrected chi connectivity index (χ2v) is 10.7. The molecule has 0 saturated heterocycles. The van der Waals surface area contributed by atoms with Crippen molar-refractivity contribution in [2.45, 2.75) is 11.9 Å². The fourth-order valence-corrected chi connectivity index (χ4v) is 5.60. The molecule has 2 aromatic carbocycles. The first-order chi connectivity index (χ1) is 15.9. The number of nitrogens with one attached hydrogen (secondary N) is 1. The van der Waals surface area contributed by atoms with Gasteiger partial charge in [-0.25, -0.2) is 4.98 Å². The Hall–Kier alpha value is -2.38. The number of pyridine rings is 1. The topological polar surface area (TPSA) is 65.8 Å². The van der Waals surface area contributed by atoms with Crippen LogP contribution in [0, 0.1) is 21.8 Å². The van der Waals surface area contributed by atoms with Crippen molar-refractivity contribution in [3.8, 4) is 27.8 Å². The highest BCUT2D eigenvalue weighted by Crippen LogP contribution is 2.36. The number of rotatable bonds is 6. The molecule has 1 amide bonds. The van der Waals surface area contributed by atoms with Gasteiger partial charge in [-0.1, -0.05) is 47.6 Å². The van der Waals surface area contributed by atoms with Gasteiger partial charge in [-0.3, -0.25) is 4.79 Å². The Kier molecular flexibility index (Phi) is 7.71. The second kappa shape index (κ2) is 10.7. The van der Waals surface area contributed by atoms with Crippen molar-refractivity contribution < 1.29 is 4.79 Å². The molecule has 1 N–H and O–H groups in total. The van der Waals surface area contributed by atoms with Crippen molar-refractivity contribution in [3.63, 3.8) is 0 Å². The number of benzene rings is 2. The van der Waals surface area contributed by atoms with Crippen molar-refractivity contribution in [1.29, 1.82) is 5.26 Å². The lowest BCUT2D eigenvalue weighted by molar-refractivity contribution is -0.113. The first-order valence-corrected chi connectivity index (χ1v) is 13.2. The largest absolute Gasteiger partial charge is 0.324 e. The summed E-state index contributed by atoms with van der Waals surface area (Å²) in [5.41, 5.74) is 4.76. The Labute approximate surface area is 219 Å². The molecule has 8 heteroatoms. The number of aromatic nitrogens is 1. The smallest absolute Gasteiger partial charge is 0.234 e. The summed E-state index contributed by atoms with van der Waals surface area (Å²) in [4.78, 5) is 18.4. The van der Waals surface area contributed by atoms with Crippen LogP contribution in [0.25, 0.3) is 21.7 Å². The van der Waals surface area contributed by atoms with E-state index in [1.807, 2.05) is 60.8 Å². The molecule has 0 atom stereocenters. The molecule has 0 aliphatic heterocycles. The van der Waals surface area contributed by atoms with Crippen molar-refractivity contribution in [3.05, 3.63) is 85.8 Å². The molecule has 4 rings (SSSR count). The normalized spacial score (nSPS) is 10.6. The van der Waals surface area contributed by atoms with Crippen LogP contribution in [0.4, 0.5) is 5.69 Å². The van der Waals surface area contributed by atoms with Gasteiger partial charge in [0.05, 0.1) is 27.6 Å². The van der Waals surface area contributed by atoms with Crippen LogP contribution < -0.4 is 5.32 Å². The van der Waals surface area contributed by atoms with Gasteiger partial charge in [0.2, 0.25) is 5.91 Å². The number of halogens is 2. The molecule has 0 fully saturated rings. The SMILES string of the molecule is Cc1ccc(NC(=O)CSc2nc(-c3cccs3)cc(-c3ccc(Cl)cc3)c2C#N)c(I)c1. The summed E-state index contributed by atoms with van der Waals surface area (Å²) >= 11 is 11.1. The van der Waals surface area contributed by atoms with E-state index in [9.17, 15) is 10.1 Å². The number of hydrogen-bond donors (Lipinski definition) is 1. The molecule has 33 heavy (non-hydrogen) atoms. The zero-order chi connectivity index (χ0) is 23.4. The maximum absolute atomic E-state index is 12.7. The average molecular weight is 602 g/mol. The predicted octanol–water partition coefficient (Wildman–Crippen LogP) is 7.65. The van der Waals surface area contributed by atoms with Crippen LogP contribution in [0.1, 0.15) is 11.1 Å². The minimum Gasteiger partial charge on any atom is -0.324 e. The van der Waals surface area contributed by atoms with E-state index in [0.717, 1.165) is 36.5 Å². The van der Waals surface area contributed by atoms with E-state index < -0.39 is 0 Å². The van der Waals surface area contributed by atoms with E-state index in [2.05, 4.69) is 34.0 Å². The fourth-order valence-electron chi connectivity index (χ4n) is 3.18. The van der Waals surface area contributed by atoms with Crippen LogP contribution in [0.2, 0.25) is 5.02 Å². The van der Waals surface area contributed by atoms with Gasteiger partial charge in [-0.05, 0) is 82.4 Å². The predicted molar refractivity (Wildman–Crippen MR) is 146 cm³/mol. The van der Waals surface area contributed by atoms with Gasteiger partial charge in [0, 0.05) is 14.2 Å². The number of nitrogens with zero attached hydrogens (tertiary/aromatic N) is 2. The molecule has 0 bridgehead atoms. The van der Waals surface area contributed by atoms with Crippen LogP contribution >= 0.6 is 57.3 Å². The van der Waals surface area contributed by atoms with Crippen LogP contribution in [-0.2, 0) is 4.79 Å². The number of aryl methyl sites for hydroxylation is 1. The molecular weight excluding hydrogens is 585 g/mol. The van der Waals surface area contributed by atoms with Crippen molar-refractivity contribution in [2.24, 2.45) is 0 Å². The van der Waals surface area contributed by atoms with Crippen molar-refractivity contribution in [1.82, 2.24) is 4.98 Å². The molecule has 2 aromatic heterocycles. The molecule has 0 saturated carbocycles. The standard InChI is InChI=1S/C25H17ClIN3OS2/c1-15-4-9-21(20(27)11-15)29-24(31)14-33-25-19(13-28)18(16-5-7-17(26)8-6-16)12-22(30-25)23-3-2-10-32-23/h2-12H,14H2,1H3,(H,29,31). The van der Waals surface area contributed by atoms with Crippen molar-refractivity contribution >= 4 is 68.9 Å². The molecule has 0 unspecified atom stereocenters. The Balaban J connectivity index is 1.65. The van der Waals surface area contributed by atoms with Gasteiger partial charge < -0.3 is 5.32 Å². The monoisotopic (exact) mass is 601 g/mol. The van der Waals surface area contributed by atoms with E-state index in [1.54, 1.807) is 23.5 Å². The number of hydrogen-bond acceptors (Lipinski definition) is 5. The molecule has 0 aliphatic carbocycles. The molecule has 4 nitrogen and oxygen atoms in total. The Bertz CT molecular complexity index is 1350. The number of anilines is 1. The summed E-state index contributed by atoms with van der Waals surface area (Å²) < 4.78 is 0.978.